The zero-order valence-corrected chi connectivity index (χ0v) is 11.4. The maximum Gasteiger partial charge on any atom is 0.215 e. The largest absolute Gasteiger partial charge is 0.263 e. The number of aromatic nitrogens is 3. The zero-order chi connectivity index (χ0) is 14.4. The number of rotatable bonds is 6. The molecule has 8 heteroatoms. The number of nitriles is 1. The van der Waals surface area contributed by atoms with Gasteiger partial charge in [-0.2, -0.15) is 10.4 Å². The first-order valence-corrected chi connectivity index (χ1v) is 7.55. The molecule has 0 radical (unpaired) electrons. The molecule has 2 N–H and O–H groups in total. The Morgan fingerprint density at radius 1 is 1.40 bits per heavy atom. The summed E-state index contributed by atoms with van der Waals surface area (Å²) < 4.78 is 26.3. The van der Waals surface area contributed by atoms with Crippen LogP contribution in [-0.4, -0.2) is 30.1 Å². The van der Waals surface area contributed by atoms with Gasteiger partial charge in [-0.15, -0.1) is 0 Å². The average molecular weight is 291 g/mol. The molecule has 0 spiro atoms. The topological polar surface area (TPSA) is 112 Å². The number of nitrogens with zero attached hydrogens (tertiary/aromatic N) is 3. The number of nitrogens with one attached hydrogen (secondary N) is 2. The predicted molar refractivity (Wildman–Crippen MR) is 71.9 cm³/mol. The van der Waals surface area contributed by atoms with Crippen LogP contribution in [0.3, 0.4) is 0 Å². The summed E-state index contributed by atoms with van der Waals surface area (Å²) >= 11 is 0. The first-order chi connectivity index (χ1) is 9.59. The van der Waals surface area contributed by atoms with Gasteiger partial charge in [-0.25, -0.2) is 18.1 Å². The Bertz CT molecular complexity index is 704. The standard InChI is InChI=1S/C12H13N5O2S/c13-7-10-2-1-3-11(6-10)8-20(18,19)16-5-4-12-14-9-15-17-12/h1-3,6,9,16H,4-5,8H2,(H,14,15,17). The van der Waals surface area contributed by atoms with Gasteiger partial charge in [0.05, 0.1) is 17.4 Å². The van der Waals surface area contributed by atoms with Crippen molar-refractivity contribution in [3.05, 3.63) is 47.5 Å². The summed E-state index contributed by atoms with van der Waals surface area (Å²) in [4.78, 5) is 3.90. The fourth-order valence-corrected chi connectivity index (χ4v) is 2.81. The summed E-state index contributed by atoms with van der Waals surface area (Å²) in [6.07, 6.45) is 1.81. The summed E-state index contributed by atoms with van der Waals surface area (Å²) in [5.41, 5.74) is 1.02. The molecule has 0 atom stereocenters. The lowest BCUT2D eigenvalue weighted by atomic mass is 10.2. The smallest absolute Gasteiger partial charge is 0.215 e. The van der Waals surface area contributed by atoms with Gasteiger partial charge in [0.25, 0.3) is 0 Å². The number of H-pyrrole nitrogens is 1. The van der Waals surface area contributed by atoms with Crippen molar-refractivity contribution >= 4 is 10.0 Å². The molecule has 0 saturated heterocycles. The molecular formula is C12H13N5O2S. The Labute approximate surface area is 116 Å². The minimum absolute atomic E-state index is 0.154. The Balaban J connectivity index is 1.91. The fraction of sp³-hybridized carbons (Fsp3) is 0.250. The molecule has 20 heavy (non-hydrogen) atoms. The maximum absolute atomic E-state index is 11.9. The molecule has 7 nitrogen and oxygen atoms in total. The third-order valence-electron chi connectivity index (χ3n) is 2.56. The predicted octanol–water partition coefficient (Wildman–Crippen LogP) is 0.338. The molecule has 0 aliphatic rings. The van der Waals surface area contributed by atoms with E-state index in [0.29, 0.717) is 23.4 Å². The van der Waals surface area contributed by atoms with Gasteiger partial charge in [0.2, 0.25) is 10.0 Å². The van der Waals surface area contributed by atoms with Crippen molar-refractivity contribution < 1.29 is 8.42 Å². The van der Waals surface area contributed by atoms with Crippen LogP contribution in [0.2, 0.25) is 0 Å². The van der Waals surface area contributed by atoms with Gasteiger partial charge in [0, 0.05) is 13.0 Å². The molecule has 0 fully saturated rings. The highest BCUT2D eigenvalue weighted by atomic mass is 32.2. The van der Waals surface area contributed by atoms with E-state index in [9.17, 15) is 8.42 Å². The summed E-state index contributed by atoms with van der Waals surface area (Å²) in [6.45, 7) is 0.246. The van der Waals surface area contributed by atoms with Crippen LogP contribution >= 0.6 is 0 Å². The van der Waals surface area contributed by atoms with E-state index < -0.39 is 10.0 Å². The van der Waals surface area contributed by atoms with E-state index in [1.165, 1.54) is 6.33 Å². The molecule has 0 saturated carbocycles. The van der Waals surface area contributed by atoms with Crippen LogP contribution in [0.5, 0.6) is 0 Å². The Kier molecular flexibility index (Phi) is 4.45. The maximum atomic E-state index is 11.9. The molecule has 0 unspecified atom stereocenters. The molecule has 1 aromatic carbocycles. The second-order valence-corrected chi connectivity index (χ2v) is 5.95. The van der Waals surface area contributed by atoms with Crippen LogP contribution in [-0.2, 0) is 22.2 Å². The molecule has 2 aromatic rings. The van der Waals surface area contributed by atoms with E-state index in [1.807, 2.05) is 6.07 Å². The third kappa shape index (κ3) is 4.15. The minimum atomic E-state index is -3.43. The zero-order valence-electron chi connectivity index (χ0n) is 10.6. The quantitative estimate of drug-likeness (QED) is 0.797. The van der Waals surface area contributed by atoms with Crippen LogP contribution in [0.15, 0.2) is 30.6 Å². The van der Waals surface area contributed by atoms with E-state index in [-0.39, 0.29) is 12.3 Å². The molecule has 0 bridgehead atoms. The molecular weight excluding hydrogens is 278 g/mol. The number of benzene rings is 1. The van der Waals surface area contributed by atoms with Crippen molar-refractivity contribution in [2.45, 2.75) is 12.2 Å². The summed E-state index contributed by atoms with van der Waals surface area (Å²) in [5.74, 6) is 0.470. The van der Waals surface area contributed by atoms with E-state index in [2.05, 4.69) is 19.9 Å². The Morgan fingerprint density at radius 3 is 2.95 bits per heavy atom. The van der Waals surface area contributed by atoms with Crippen molar-refractivity contribution in [2.75, 3.05) is 6.54 Å². The van der Waals surface area contributed by atoms with E-state index in [0.717, 1.165) is 0 Å². The van der Waals surface area contributed by atoms with E-state index in [1.54, 1.807) is 24.3 Å². The molecule has 104 valence electrons. The first kappa shape index (κ1) is 14.2. The van der Waals surface area contributed by atoms with E-state index in [4.69, 9.17) is 5.26 Å². The van der Waals surface area contributed by atoms with Crippen LogP contribution in [0, 0.1) is 11.3 Å². The van der Waals surface area contributed by atoms with Gasteiger partial charge in [-0.3, -0.25) is 5.10 Å². The number of sulfonamides is 1. The van der Waals surface area contributed by atoms with Crippen molar-refractivity contribution in [3.8, 4) is 6.07 Å². The van der Waals surface area contributed by atoms with Crippen LogP contribution in [0.25, 0.3) is 0 Å². The molecule has 0 amide bonds. The third-order valence-corrected chi connectivity index (χ3v) is 3.92. The van der Waals surface area contributed by atoms with Gasteiger partial charge >= 0.3 is 0 Å². The highest BCUT2D eigenvalue weighted by molar-refractivity contribution is 7.88. The van der Waals surface area contributed by atoms with E-state index >= 15 is 0 Å². The molecule has 0 aliphatic heterocycles. The SMILES string of the molecule is N#Cc1cccc(CS(=O)(=O)NCCc2ncn[nH]2)c1. The van der Waals surface area contributed by atoms with Crippen molar-refractivity contribution in [1.29, 1.82) is 5.26 Å². The second kappa shape index (κ2) is 6.27. The van der Waals surface area contributed by atoms with Crippen molar-refractivity contribution in [1.82, 2.24) is 19.9 Å². The summed E-state index contributed by atoms with van der Waals surface area (Å²) in [7, 11) is -3.43. The van der Waals surface area contributed by atoms with Gasteiger partial charge in [-0.05, 0) is 17.7 Å². The average Bonchev–Trinajstić information content (AvgIpc) is 2.91. The summed E-state index contributed by atoms with van der Waals surface area (Å²) in [5, 5.41) is 15.1. The van der Waals surface area contributed by atoms with Crippen LogP contribution < -0.4 is 4.72 Å². The normalized spacial score (nSPS) is 11.2. The molecule has 2 rings (SSSR count). The lowest BCUT2D eigenvalue weighted by molar-refractivity contribution is 0.580. The first-order valence-electron chi connectivity index (χ1n) is 5.90. The van der Waals surface area contributed by atoms with Gasteiger partial charge in [-0.1, -0.05) is 12.1 Å². The van der Waals surface area contributed by atoms with Crippen molar-refractivity contribution in [3.63, 3.8) is 0 Å². The number of hydrogen-bond acceptors (Lipinski definition) is 5. The molecule has 1 aromatic heterocycles. The van der Waals surface area contributed by atoms with Gasteiger partial charge < -0.3 is 0 Å². The number of aromatic amines is 1. The highest BCUT2D eigenvalue weighted by Gasteiger charge is 2.11. The van der Waals surface area contributed by atoms with Gasteiger partial charge in [0.15, 0.2) is 0 Å². The highest BCUT2D eigenvalue weighted by Crippen LogP contribution is 2.07. The lowest BCUT2D eigenvalue weighted by Crippen LogP contribution is -2.27. The Morgan fingerprint density at radius 2 is 2.25 bits per heavy atom. The number of hydrogen-bond donors (Lipinski definition) is 2. The molecule has 1 heterocycles. The summed E-state index contributed by atoms with van der Waals surface area (Å²) in [6, 6.07) is 8.52. The Hall–Kier alpha value is -2.24. The van der Waals surface area contributed by atoms with Crippen LogP contribution in [0.1, 0.15) is 17.0 Å². The van der Waals surface area contributed by atoms with Crippen molar-refractivity contribution in [2.24, 2.45) is 0 Å². The molecule has 0 aliphatic carbocycles. The second-order valence-electron chi connectivity index (χ2n) is 4.15. The monoisotopic (exact) mass is 291 g/mol. The fourth-order valence-electron chi connectivity index (χ4n) is 1.68. The minimum Gasteiger partial charge on any atom is -0.263 e. The van der Waals surface area contributed by atoms with Crippen LogP contribution in [0.4, 0.5) is 0 Å². The lowest BCUT2D eigenvalue weighted by Gasteiger charge is -2.06. The van der Waals surface area contributed by atoms with Gasteiger partial charge in [0.1, 0.15) is 12.2 Å².